The van der Waals surface area contributed by atoms with Gasteiger partial charge in [-0.05, 0) is 31.4 Å². The first-order valence-electron chi connectivity index (χ1n) is 9.46. The molecule has 28 heavy (non-hydrogen) atoms. The number of guanidine groups is 1. The van der Waals surface area contributed by atoms with Gasteiger partial charge in [0.25, 0.3) is 0 Å². The summed E-state index contributed by atoms with van der Waals surface area (Å²) in [5.41, 5.74) is 8.52. The highest BCUT2D eigenvalue weighted by molar-refractivity contribution is 14.0. The van der Waals surface area contributed by atoms with Crippen LogP contribution in [0.5, 0.6) is 0 Å². The van der Waals surface area contributed by atoms with Crippen molar-refractivity contribution in [1.29, 1.82) is 0 Å². The number of carbonyl (C=O) groups excluding carboxylic acids is 1. The van der Waals surface area contributed by atoms with Crippen LogP contribution in [0.1, 0.15) is 24.1 Å². The average molecular weight is 499 g/mol. The molecule has 154 valence electrons. The summed E-state index contributed by atoms with van der Waals surface area (Å²) in [6.07, 6.45) is 6.88. The van der Waals surface area contributed by atoms with Gasteiger partial charge in [0, 0.05) is 51.5 Å². The fourth-order valence-electron chi connectivity index (χ4n) is 3.48. The number of likely N-dealkylation sites (tertiary alicyclic amines) is 1. The molecule has 1 saturated heterocycles. The first-order valence-corrected chi connectivity index (χ1v) is 9.46. The van der Waals surface area contributed by atoms with E-state index in [1.807, 2.05) is 12.3 Å². The number of imidazole rings is 1. The number of aliphatic imine (C=N–C) groups is 1. The Bertz CT molecular complexity index is 812. The fraction of sp³-hybridized carbons (Fsp3) is 0.526. The predicted molar refractivity (Wildman–Crippen MR) is 122 cm³/mol. The van der Waals surface area contributed by atoms with Crippen LogP contribution in [-0.2, 0) is 11.2 Å². The number of carbonyl (C=O) groups is 1. The van der Waals surface area contributed by atoms with E-state index in [-0.39, 0.29) is 29.9 Å². The monoisotopic (exact) mass is 499 g/mol. The third-order valence-corrected chi connectivity index (χ3v) is 4.93. The van der Waals surface area contributed by atoms with Crippen molar-refractivity contribution in [2.45, 2.75) is 32.2 Å². The molecule has 2 aromatic heterocycles. The van der Waals surface area contributed by atoms with Gasteiger partial charge in [0.2, 0.25) is 5.91 Å². The number of hydrogen-bond donors (Lipinski definition) is 3. The zero-order chi connectivity index (χ0) is 19.2. The Morgan fingerprint density at radius 1 is 1.39 bits per heavy atom. The molecular formula is C19H30IN7O. The molecule has 9 heteroatoms. The molecule has 1 fully saturated rings. The van der Waals surface area contributed by atoms with Crippen molar-refractivity contribution in [1.82, 2.24) is 24.9 Å². The summed E-state index contributed by atoms with van der Waals surface area (Å²) >= 11 is 0. The lowest BCUT2D eigenvalue weighted by atomic mass is 10.1. The second-order valence-corrected chi connectivity index (χ2v) is 7.06. The third kappa shape index (κ3) is 6.06. The number of hydrogen-bond acceptors (Lipinski definition) is 4. The Balaban J connectivity index is 0.00000280. The van der Waals surface area contributed by atoms with Crippen LogP contribution in [0.25, 0.3) is 5.65 Å². The minimum atomic E-state index is -0.263. The predicted octanol–water partition coefficient (Wildman–Crippen LogP) is 0.918. The van der Waals surface area contributed by atoms with E-state index in [2.05, 4.69) is 44.1 Å². The van der Waals surface area contributed by atoms with Crippen molar-refractivity contribution in [2.24, 2.45) is 10.7 Å². The number of nitrogens with one attached hydrogen (secondary N) is 2. The van der Waals surface area contributed by atoms with Gasteiger partial charge in [-0.3, -0.25) is 14.7 Å². The van der Waals surface area contributed by atoms with Gasteiger partial charge in [0.05, 0.1) is 12.2 Å². The van der Waals surface area contributed by atoms with Gasteiger partial charge in [0.1, 0.15) is 5.65 Å². The van der Waals surface area contributed by atoms with Gasteiger partial charge in [-0.1, -0.05) is 6.07 Å². The molecule has 8 nitrogen and oxygen atoms in total. The van der Waals surface area contributed by atoms with Gasteiger partial charge in [-0.15, -0.1) is 24.0 Å². The number of nitrogens with two attached hydrogens (primary N) is 1. The van der Waals surface area contributed by atoms with E-state index in [4.69, 9.17) is 10.7 Å². The van der Waals surface area contributed by atoms with Crippen LogP contribution >= 0.6 is 24.0 Å². The zero-order valence-corrected chi connectivity index (χ0v) is 18.8. The second-order valence-electron chi connectivity index (χ2n) is 7.06. The Labute approximate surface area is 183 Å². The molecule has 1 aliphatic heterocycles. The summed E-state index contributed by atoms with van der Waals surface area (Å²) in [7, 11) is 1.78. The number of nitrogens with zero attached hydrogens (tertiary/aromatic N) is 4. The summed E-state index contributed by atoms with van der Waals surface area (Å²) in [4.78, 5) is 22.1. The molecule has 0 bridgehead atoms. The van der Waals surface area contributed by atoms with Crippen LogP contribution in [0, 0.1) is 6.92 Å². The second kappa shape index (κ2) is 10.6. The third-order valence-electron chi connectivity index (χ3n) is 4.93. The van der Waals surface area contributed by atoms with Crippen molar-refractivity contribution < 1.29 is 4.79 Å². The minimum Gasteiger partial charge on any atom is -0.369 e. The van der Waals surface area contributed by atoms with Crippen molar-refractivity contribution in [3.8, 4) is 0 Å². The first-order chi connectivity index (χ1) is 13.0. The molecule has 3 heterocycles. The molecule has 0 aliphatic carbocycles. The lowest BCUT2D eigenvalue weighted by Crippen LogP contribution is -2.50. The molecule has 1 aliphatic rings. The highest BCUT2D eigenvalue weighted by Gasteiger charge is 2.20. The van der Waals surface area contributed by atoms with E-state index in [9.17, 15) is 4.79 Å². The quantitative estimate of drug-likeness (QED) is 0.312. The highest BCUT2D eigenvalue weighted by atomic mass is 127. The van der Waals surface area contributed by atoms with Gasteiger partial charge in [-0.2, -0.15) is 0 Å². The van der Waals surface area contributed by atoms with Crippen molar-refractivity contribution in [2.75, 3.05) is 33.2 Å². The molecule has 0 atom stereocenters. The number of aromatic nitrogens is 2. The summed E-state index contributed by atoms with van der Waals surface area (Å²) in [6.45, 7) is 4.93. The summed E-state index contributed by atoms with van der Waals surface area (Å²) in [6, 6.07) is 4.47. The largest absolute Gasteiger partial charge is 0.369 e. The Morgan fingerprint density at radius 3 is 2.79 bits per heavy atom. The number of halogens is 1. The van der Waals surface area contributed by atoms with E-state index < -0.39 is 0 Å². The smallest absolute Gasteiger partial charge is 0.231 e. The average Bonchev–Trinajstić information content (AvgIpc) is 3.06. The number of aryl methyl sites for hydroxylation is 1. The molecule has 0 unspecified atom stereocenters. The minimum absolute atomic E-state index is 0. The Morgan fingerprint density at radius 2 is 2.14 bits per heavy atom. The number of amides is 1. The van der Waals surface area contributed by atoms with Crippen LogP contribution < -0.4 is 16.4 Å². The number of primary amides is 1. The van der Waals surface area contributed by atoms with Crippen molar-refractivity contribution in [3.05, 3.63) is 35.8 Å². The normalized spacial score (nSPS) is 16.0. The van der Waals surface area contributed by atoms with Gasteiger partial charge >= 0.3 is 0 Å². The van der Waals surface area contributed by atoms with Gasteiger partial charge in [0.15, 0.2) is 5.96 Å². The summed E-state index contributed by atoms with van der Waals surface area (Å²) in [5, 5.41) is 6.84. The number of fused-ring (bicyclic) bond motifs is 1. The molecule has 0 spiro atoms. The van der Waals surface area contributed by atoms with E-state index in [1.165, 1.54) is 5.56 Å². The van der Waals surface area contributed by atoms with Crippen LogP contribution in [0.3, 0.4) is 0 Å². The molecule has 3 rings (SSSR count). The van der Waals surface area contributed by atoms with Gasteiger partial charge in [-0.25, -0.2) is 4.98 Å². The standard InChI is InChI=1S/C19H29N7O.HI/c1-14-4-3-9-26-12-16(23-18(14)26)5-8-22-19(21-2)24-15-6-10-25(11-7-15)13-17(20)27;/h3-4,9,12,15H,5-8,10-11,13H2,1-2H3,(H2,20,27)(H2,21,22,24);1H. The maximum Gasteiger partial charge on any atom is 0.231 e. The van der Waals surface area contributed by atoms with Gasteiger partial charge < -0.3 is 20.8 Å². The molecule has 4 N–H and O–H groups in total. The van der Waals surface area contributed by atoms with Crippen LogP contribution in [0.15, 0.2) is 29.5 Å². The molecule has 0 aromatic carbocycles. The molecule has 0 radical (unpaired) electrons. The van der Waals surface area contributed by atoms with Crippen LogP contribution in [0.2, 0.25) is 0 Å². The highest BCUT2D eigenvalue weighted by Crippen LogP contribution is 2.11. The first kappa shape index (κ1) is 22.4. The van der Waals surface area contributed by atoms with E-state index in [1.54, 1.807) is 7.05 Å². The maximum absolute atomic E-state index is 11.0. The van der Waals surface area contributed by atoms with E-state index in [0.29, 0.717) is 12.6 Å². The van der Waals surface area contributed by atoms with Crippen molar-refractivity contribution in [3.63, 3.8) is 0 Å². The van der Waals surface area contributed by atoms with E-state index in [0.717, 1.165) is 56.2 Å². The Kier molecular flexibility index (Phi) is 8.49. The lowest BCUT2D eigenvalue weighted by Gasteiger charge is -2.32. The number of pyridine rings is 1. The van der Waals surface area contributed by atoms with Crippen LogP contribution in [-0.4, -0.2) is 65.4 Å². The topological polar surface area (TPSA) is 100 Å². The Hall–Kier alpha value is -1.88. The molecule has 1 amide bonds. The summed E-state index contributed by atoms with van der Waals surface area (Å²) < 4.78 is 2.07. The maximum atomic E-state index is 11.0. The lowest BCUT2D eigenvalue weighted by molar-refractivity contribution is -0.119. The van der Waals surface area contributed by atoms with Crippen molar-refractivity contribution >= 4 is 41.5 Å². The molecule has 0 saturated carbocycles. The summed E-state index contributed by atoms with van der Waals surface area (Å²) in [5.74, 6) is 0.546. The van der Waals surface area contributed by atoms with Crippen LogP contribution in [0.4, 0.5) is 0 Å². The fourth-order valence-corrected chi connectivity index (χ4v) is 3.48. The molecular weight excluding hydrogens is 469 g/mol. The number of piperidine rings is 1. The molecule has 2 aromatic rings. The van der Waals surface area contributed by atoms with E-state index >= 15 is 0 Å². The zero-order valence-electron chi connectivity index (χ0n) is 16.5. The number of rotatable bonds is 6. The SMILES string of the molecule is CN=C(NCCc1cn2cccc(C)c2n1)NC1CCN(CC(N)=O)CC1.I.